The van der Waals surface area contributed by atoms with Crippen LogP contribution in [-0.4, -0.2) is 64.1 Å². The molecule has 11 heteroatoms. The molecule has 0 unspecified atom stereocenters. The zero-order valence-corrected chi connectivity index (χ0v) is 19.6. The molecule has 2 amide bonds. The average molecular weight is 478 g/mol. The van der Waals surface area contributed by atoms with Crippen LogP contribution in [0, 0.1) is 0 Å². The molecule has 0 bridgehead atoms. The molecule has 33 heavy (non-hydrogen) atoms. The van der Waals surface area contributed by atoms with Crippen LogP contribution >= 0.6 is 0 Å². The Bertz CT molecular complexity index is 1090. The number of nitrogens with zero attached hydrogens (tertiary/aromatic N) is 1. The van der Waals surface area contributed by atoms with E-state index in [0.29, 0.717) is 11.5 Å². The van der Waals surface area contributed by atoms with Crippen LogP contribution in [0.1, 0.15) is 34.6 Å². The first-order valence-corrected chi connectivity index (χ1v) is 11.7. The minimum absolute atomic E-state index is 0.0767. The number of rotatable bonds is 6. The second-order valence-corrected chi connectivity index (χ2v) is 9.55. The maximum atomic E-state index is 12.9. The van der Waals surface area contributed by atoms with Gasteiger partial charge in [0.25, 0.3) is 11.8 Å². The van der Waals surface area contributed by atoms with Crippen molar-refractivity contribution < 1.29 is 32.2 Å². The molecule has 0 aliphatic carbocycles. The standard InChI is InChI=1S/C22H27N3O7S/c1-14-12-25(13-15(2)32-14)33(28,29)20-7-5-16(6-8-20)21(26)23-24-22(27)17-9-18(30-3)11-19(10-17)31-4/h5-11,14-15H,12-13H2,1-4H3,(H,23,26)(H,24,27)/t14-,15-/m0/s1. The third kappa shape index (κ3) is 5.81. The molecular formula is C22H27N3O7S. The van der Waals surface area contributed by atoms with E-state index in [1.807, 2.05) is 13.8 Å². The van der Waals surface area contributed by atoms with E-state index in [0.717, 1.165) is 0 Å². The molecule has 3 rings (SSSR count). The fraction of sp³-hybridized carbons (Fsp3) is 0.364. The first-order valence-electron chi connectivity index (χ1n) is 10.2. The van der Waals surface area contributed by atoms with Gasteiger partial charge in [-0.1, -0.05) is 0 Å². The highest BCUT2D eigenvalue weighted by Gasteiger charge is 2.32. The first-order chi connectivity index (χ1) is 15.6. The Kier molecular flexibility index (Phi) is 7.57. The Morgan fingerprint density at radius 1 is 0.879 bits per heavy atom. The predicted octanol–water partition coefficient (Wildman–Crippen LogP) is 1.58. The monoisotopic (exact) mass is 477 g/mol. The summed E-state index contributed by atoms with van der Waals surface area (Å²) >= 11 is 0. The molecule has 1 saturated heterocycles. The number of carbonyl (C=O) groups is 2. The van der Waals surface area contributed by atoms with Crippen molar-refractivity contribution in [3.05, 3.63) is 53.6 Å². The number of sulfonamides is 1. The quantitative estimate of drug-likeness (QED) is 0.606. The molecule has 2 aromatic carbocycles. The van der Waals surface area contributed by atoms with E-state index in [1.165, 1.54) is 54.9 Å². The zero-order chi connectivity index (χ0) is 24.2. The fourth-order valence-corrected chi connectivity index (χ4v) is 5.04. The topological polar surface area (TPSA) is 123 Å². The van der Waals surface area contributed by atoms with Crippen LogP contribution in [0.5, 0.6) is 11.5 Å². The van der Waals surface area contributed by atoms with Gasteiger partial charge >= 0.3 is 0 Å². The first kappa shape index (κ1) is 24.5. The lowest BCUT2D eigenvalue weighted by atomic mass is 10.2. The third-order valence-corrected chi connectivity index (χ3v) is 6.89. The molecule has 10 nitrogen and oxygen atoms in total. The van der Waals surface area contributed by atoms with Gasteiger partial charge in [-0.3, -0.25) is 20.4 Å². The fourth-order valence-electron chi connectivity index (χ4n) is 3.45. The summed E-state index contributed by atoms with van der Waals surface area (Å²) in [5, 5.41) is 0. The lowest BCUT2D eigenvalue weighted by molar-refractivity contribution is -0.0440. The molecule has 2 N–H and O–H groups in total. The molecule has 0 aromatic heterocycles. The summed E-state index contributed by atoms with van der Waals surface area (Å²) in [4.78, 5) is 24.9. The van der Waals surface area contributed by atoms with Gasteiger partial charge in [0.15, 0.2) is 0 Å². The predicted molar refractivity (Wildman–Crippen MR) is 120 cm³/mol. The van der Waals surface area contributed by atoms with E-state index in [9.17, 15) is 18.0 Å². The Hall–Kier alpha value is -3.15. The molecule has 1 aliphatic heterocycles. The number of methoxy groups -OCH3 is 2. The van der Waals surface area contributed by atoms with Crippen LogP contribution in [0.4, 0.5) is 0 Å². The Morgan fingerprint density at radius 2 is 1.36 bits per heavy atom. The van der Waals surface area contributed by atoms with Crippen molar-refractivity contribution in [2.75, 3.05) is 27.3 Å². The van der Waals surface area contributed by atoms with E-state index in [2.05, 4.69) is 10.9 Å². The van der Waals surface area contributed by atoms with Gasteiger partial charge in [0, 0.05) is 30.3 Å². The number of morpholine rings is 1. The Morgan fingerprint density at radius 3 is 1.85 bits per heavy atom. The Labute approximate surface area is 192 Å². The summed E-state index contributed by atoms with van der Waals surface area (Å²) in [7, 11) is -0.796. The summed E-state index contributed by atoms with van der Waals surface area (Å²) in [5.74, 6) is -0.329. The third-order valence-electron chi connectivity index (χ3n) is 5.04. The molecule has 1 fully saturated rings. The van der Waals surface area contributed by atoms with E-state index >= 15 is 0 Å². The van der Waals surface area contributed by atoms with Crippen LogP contribution in [0.3, 0.4) is 0 Å². The second-order valence-electron chi connectivity index (χ2n) is 7.61. The van der Waals surface area contributed by atoms with Gasteiger partial charge in [-0.05, 0) is 50.2 Å². The van der Waals surface area contributed by atoms with Crippen LogP contribution in [0.25, 0.3) is 0 Å². The normalized spacial score (nSPS) is 18.9. The number of carbonyl (C=O) groups excluding carboxylic acids is 2. The number of ether oxygens (including phenoxy) is 3. The number of nitrogens with one attached hydrogen (secondary N) is 2. The molecule has 2 aromatic rings. The largest absolute Gasteiger partial charge is 0.497 e. The van der Waals surface area contributed by atoms with E-state index in [-0.39, 0.29) is 41.3 Å². The summed E-state index contributed by atoms with van der Waals surface area (Å²) in [6.45, 7) is 4.16. The highest BCUT2D eigenvalue weighted by atomic mass is 32.2. The zero-order valence-electron chi connectivity index (χ0n) is 18.8. The summed E-state index contributed by atoms with van der Waals surface area (Å²) in [6, 6.07) is 10.1. The maximum Gasteiger partial charge on any atom is 0.269 e. The van der Waals surface area contributed by atoms with Gasteiger partial charge < -0.3 is 14.2 Å². The lowest BCUT2D eigenvalue weighted by Gasteiger charge is -2.34. The molecule has 1 aliphatic rings. The van der Waals surface area contributed by atoms with E-state index < -0.39 is 21.8 Å². The van der Waals surface area contributed by atoms with Crippen molar-refractivity contribution in [3.63, 3.8) is 0 Å². The molecule has 178 valence electrons. The number of amides is 2. The molecule has 2 atom stereocenters. The molecule has 0 radical (unpaired) electrons. The van der Waals surface area contributed by atoms with Crippen LogP contribution in [0.15, 0.2) is 47.4 Å². The van der Waals surface area contributed by atoms with Gasteiger partial charge in [0.05, 0.1) is 31.3 Å². The highest BCUT2D eigenvalue weighted by Crippen LogP contribution is 2.23. The van der Waals surface area contributed by atoms with Crippen molar-refractivity contribution in [2.24, 2.45) is 0 Å². The number of benzene rings is 2. The second kappa shape index (κ2) is 10.2. The smallest absolute Gasteiger partial charge is 0.269 e. The number of hydrogen-bond acceptors (Lipinski definition) is 7. The average Bonchev–Trinajstić information content (AvgIpc) is 2.81. The Balaban J connectivity index is 1.65. The number of hydrogen-bond donors (Lipinski definition) is 2. The molecular weight excluding hydrogens is 450 g/mol. The highest BCUT2D eigenvalue weighted by molar-refractivity contribution is 7.89. The van der Waals surface area contributed by atoms with Crippen molar-refractivity contribution >= 4 is 21.8 Å². The van der Waals surface area contributed by atoms with Crippen LogP contribution in [0.2, 0.25) is 0 Å². The van der Waals surface area contributed by atoms with Crippen LogP contribution in [-0.2, 0) is 14.8 Å². The van der Waals surface area contributed by atoms with Gasteiger partial charge in [-0.25, -0.2) is 8.42 Å². The minimum atomic E-state index is -3.72. The van der Waals surface area contributed by atoms with Crippen molar-refractivity contribution in [1.29, 1.82) is 0 Å². The van der Waals surface area contributed by atoms with E-state index in [4.69, 9.17) is 14.2 Å². The minimum Gasteiger partial charge on any atom is -0.497 e. The van der Waals surface area contributed by atoms with Gasteiger partial charge in [0.1, 0.15) is 11.5 Å². The molecule has 0 saturated carbocycles. The van der Waals surface area contributed by atoms with Gasteiger partial charge in [0.2, 0.25) is 10.0 Å². The lowest BCUT2D eigenvalue weighted by Crippen LogP contribution is -2.48. The maximum absolute atomic E-state index is 12.9. The summed E-state index contributed by atoms with van der Waals surface area (Å²) in [5.41, 5.74) is 5.03. The van der Waals surface area contributed by atoms with E-state index in [1.54, 1.807) is 6.07 Å². The number of hydrazine groups is 1. The molecule has 1 heterocycles. The van der Waals surface area contributed by atoms with Crippen molar-refractivity contribution in [3.8, 4) is 11.5 Å². The van der Waals surface area contributed by atoms with Crippen molar-refractivity contribution in [1.82, 2.24) is 15.2 Å². The van der Waals surface area contributed by atoms with Crippen LogP contribution < -0.4 is 20.3 Å². The summed E-state index contributed by atoms with van der Waals surface area (Å²) < 4.78 is 43.1. The molecule has 0 spiro atoms. The van der Waals surface area contributed by atoms with Gasteiger partial charge in [-0.15, -0.1) is 0 Å². The summed E-state index contributed by atoms with van der Waals surface area (Å²) in [6.07, 6.45) is -0.413. The van der Waals surface area contributed by atoms with Gasteiger partial charge in [-0.2, -0.15) is 4.31 Å². The SMILES string of the molecule is COc1cc(OC)cc(C(=O)NNC(=O)c2ccc(S(=O)(=O)N3C[C@H](C)O[C@@H](C)C3)cc2)c1. The van der Waals surface area contributed by atoms with Crippen molar-refractivity contribution in [2.45, 2.75) is 31.0 Å².